The molecule has 3 aliphatic rings. The second-order valence-corrected chi connectivity index (χ2v) is 12.2. The van der Waals surface area contributed by atoms with Gasteiger partial charge in [0.05, 0.1) is 23.9 Å². The minimum absolute atomic E-state index is 0.385. The summed E-state index contributed by atoms with van der Waals surface area (Å²) in [5.74, 6) is 0.983. The molecule has 6 heterocycles. The van der Waals surface area contributed by atoms with Crippen molar-refractivity contribution in [2.75, 3.05) is 26.3 Å². The average Bonchev–Trinajstić information content (AvgIpc) is 3.46. The maximum absolute atomic E-state index is 5.45. The Hall–Kier alpha value is -2.29. The Bertz CT molecular complexity index is 1360. The zero-order valence-electron chi connectivity index (χ0n) is 20.2. The van der Waals surface area contributed by atoms with E-state index in [-0.39, 0.29) is 0 Å². The van der Waals surface area contributed by atoms with Crippen LogP contribution in [0, 0.1) is 12.3 Å². The number of aromatic nitrogens is 5. The Morgan fingerprint density at radius 2 is 1.97 bits per heavy atom. The van der Waals surface area contributed by atoms with Gasteiger partial charge in [-0.05, 0) is 50.2 Å². The first-order valence-electron chi connectivity index (χ1n) is 12.6. The lowest BCUT2D eigenvalue weighted by Gasteiger charge is -2.58. The molecule has 7 rings (SSSR count). The normalized spacial score (nSPS) is 24.8. The fraction of sp³-hybridized carbons (Fsp3) is 0.577. The average molecular weight is 477 g/mol. The number of aromatic amines is 1. The van der Waals surface area contributed by atoms with Crippen molar-refractivity contribution in [3.05, 3.63) is 34.7 Å². The fourth-order valence-corrected chi connectivity index (χ4v) is 7.59. The lowest BCUT2D eigenvalue weighted by molar-refractivity contribution is -0.200. The molecule has 178 valence electrons. The number of fused-ring (bicyclic) bond motifs is 2. The van der Waals surface area contributed by atoms with Crippen molar-refractivity contribution in [3.8, 4) is 11.3 Å². The highest BCUT2D eigenvalue weighted by Gasteiger charge is 2.50. The number of likely N-dealkylation sites (tertiary alicyclic amines) is 1. The minimum atomic E-state index is 0.385. The molecule has 0 unspecified atom stereocenters. The first-order valence-corrected chi connectivity index (χ1v) is 13.5. The van der Waals surface area contributed by atoms with Gasteiger partial charge in [0, 0.05) is 47.8 Å². The highest BCUT2D eigenvalue weighted by atomic mass is 32.1. The van der Waals surface area contributed by atoms with Crippen LogP contribution in [0.2, 0.25) is 0 Å². The molecular weight excluding hydrogens is 444 g/mol. The number of aryl methyl sites for hydroxylation is 1. The van der Waals surface area contributed by atoms with Gasteiger partial charge in [0.25, 0.3) is 0 Å². The van der Waals surface area contributed by atoms with Crippen molar-refractivity contribution in [1.82, 2.24) is 29.5 Å². The predicted octanol–water partition coefficient (Wildman–Crippen LogP) is 5.12. The number of thiazole rings is 1. The highest BCUT2D eigenvalue weighted by molar-refractivity contribution is 7.18. The molecule has 4 aromatic heterocycles. The van der Waals surface area contributed by atoms with E-state index in [0.717, 1.165) is 41.5 Å². The van der Waals surface area contributed by atoms with E-state index in [1.165, 1.54) is 59.9 Å². The second-order valence-electron chi connectivity index (χ2n) is 11.1. The van der Waals surface area contributed by atoms with Gasteiger partial charge in [-0.3, -0.25) is 4.90 Å². The first-order chi connectivity index (χ1) is 16.5. The fourth-order valence-electron chi connectivity index (χ4n) is 6.43. The van der Waals surface area contributed by atoms with Crippen molar-refractivity contribution >= 4 is 27.3 Å². The van der Waals surface area contributed by atoms with Crippen LogP contribution in [0.4, 0.5) is 0 Å². The number of pyridine rings is 1. The maximum Gasteiger partial charge on any atom is 0.158 e. The molecule has 1 aliphatic carbocycles. The molecule has 7 nitrogen and oxygen atoms in total. The van der Waals surface area contributed by atoms with Crippen LogP contribution < -0.4 is 0 Å². The van der Waals surface area contributed by atoms with Crippen LogP contribution in [0.3, 0.4) is 0 Å². The molecule has 3 fully saturated rings. The van der Waals surface area contributed by atoms with Crippen LogP contribution in [0.5, 0.6) is 0 Å². The van der Waals surface area contributed by atoms with Crippen LogP contribution in [-0.2, 0) is 4.74 Å². The van der Waals surface area contributed by atoms with E-state index in [2.05, 4.69) is 53.0 Å². The second kappa shape index (κ2) is 7.60. The zero-order chi connectivity index (χ0) is 23.0. The van der Waals surface area contributed by atoms with Gasteiger partial charge in [0.2, 0.25) is 0 Å². The van der Waals surface area contributed by atoms with Gasteiger partial charge in [-0.1, -0.05) is 13.8 Å². The van der Waals surface area contributed by atoms with Gasteiger partial charge in [0.1, 0.15) is 16.7 Å². The Morgan fingerprint density at radius 1 is 1.18 bits per heavy atom. The van der Waals surface area contributed by atoms with Gasteiger partial charge in [-0.25, -0.2) is 14.5 Å². The summed E-state index contributed by atoms with van der Waals surface area (Å²) in [6.07, 6.45) is 8.81. The number of rotatable bonds is 4. The maximum atomic E-state index is 5.45. The van der Waals surface area contributed by atoms with E-state index in [9.17, 15) is 0 Å². The summed E-state index contributed by atoms with van der Waals surface area (Å²) >= 11 is 1.87. The summed E-state index contributed by atoms with van der Waals surface area (Å²) in [6.45, 7) is 11.1. The summed E-state index contributed by atoms with van der Waals surface area (Å²) in [7, 11) is 0. The lowest BCUT2D eigenvalue weighted by atomic mass is 9.75. The van der Waals surface area contributed by atoms with Gasteiger partial charge in [-0.2, -0.15) is 5.10 Å². The van der Waals surface area contributed by atoms with Crippen LogP contribution in [0.15, 0.2) is 18.6 Å². The third-order valence-corrected chi connectivity index (χ3v) is 9.42. The number of hydrogen-bond acceptors (Lipinski definition) is 6. The van der Waals surface area contributed by atoms with E-state index in [0.29, 0.717) is 17.3 Å². The van der Waals surface area contributed by atoms with E-state index < -0.39 is 0 Å². The molecule has 2 saturated heterocycles. The molecule has 1 spiro atoms. The van der Waals surface area contributed by atoms with Crippen LogP contribution in [0.25, 0.3) is 27.3 Å². The monoisotopic (exact) mass is 476 g/mol. The predicted molar refractivity (Wildman–Crippen MR) is 135 cm³/mol. The van der Waals surface area contributed by atoms with E-state index in [4.69, 9.17) is 9.72 Å². The highest BCUT2D eigenvalue weighted by Crippen LogP contribution is 2.45. The van der Waals surface area contributed by atoms with Crippen molar-refractivity contribution in [2.24, 2.45) is 5.41 Å². The summed E-state index contributed by atoms with van der Waals surface area (Å²) in [4.78, 5) is 17.3. The van der Waals surface area contributed by atoms with Crippen LogP contribution in [0.1, 0.15) is 67.5 Å². The molecule has 4 aromatic rings. The molecule has 0 bridgehead atoms. The van der Waals surface area contributed by atoms with Crippen molar-refractivity contribution in [3.63, 3.8) is 0 Å². The summed E-state index contributed by atoms with van der Waals surface area (Å²) in [6, 6.07) is 2.98. The lowest BCUT2D eigenvalue weighted by Crippen LogP contribution is -2.68. The Labute approximate surface area is 203 Å². The Balaban J connectivity index is 1.14. The van der Waals surface area contributed by atoms with Gasteiger partial charge >= 0.3 is 0 Å². The summed E-state index contributed by atoms with van der Waals surface area (Å²) < 4.78 is 7.33. The van der Waals surface area contributed by atoms with Gasteiger partial charge < -0.3 is 9.72 Å². The molecule has 34 heavy (non-hydrogen) atoms. The van der Waals surface area contributed by atoms with Crippen molar-refractivity contribution in [1.29, 1.82) is 0 Å². The zero-order valence-corrected chi connectivity index (χ0v) is 21.0. The third kappa shape index (κ3) is 3.18. The number of nitrogens with zero attached hydrogens (tertiary/aromatic N) is 5. The number of H-pyrrole nitrogens is 1. The molecule has 0 atom stereocenters. The molecule has 0 radical (unpaired) electrons. The Kier molecular flexibility index (Phi) is 4.70. The number of nitrogens with one attached hydrogen (secondary N) is 1. The van der Waals surface area contributed by atoms with E-state index >= 15 is 0 Å². The smallest absolute Gasteiger partial charge is 0.158 e. The number of hydrogen-bond donors (Lipinski definition) is 1. The van der Waals surface area contributed by atoms with E-state index in [1.54, 1.807) is 6.33 Å². The van der Waals surface area contributed by atoms with Gasteiger partial charge in [0.15, 0.2) is 5.65 Å². The molecule has 8 heteroatoms. The summed E-state index contributed by atoms with van der Waals surface area (Å²) in [5.41, 5.74) is 7.37. The SMILES string of the molecule is Cc1cc(-c2[nH]c3sc(C4CCC(N5CC6(COC6)C5)CC4)nc3c2C(C)C)cn2ncnc12. The molecule has 2 aliphatic heterocycles. The first kappa shape index (κ1) is 21.0. The molecular formula is C26H32N6OS. The molecule has 0 aromatic carbocycles. The van der Waals surface area contributed by atoms with E-state index in [1.807, 2.05) is 15.9 Å². The largest absolute Gasteiger partial charge is 0.380 e. The van der Waals surface area contributed by atoms with Crippen molar-refractivity contribution < 1.29 is 4.74 Å². The standard InChI is InChI=1S/C26H32N6OS/c1-15(2)20-21(18-8-16(3)23-27-14-28-32(23)9-18)29-25-22(20)30-24(34-25)17-4-6-19(7-5-17)31-10-26(11-31)12-33-13-26/h8-9,14-15,17,19,29H,4-7,10-13H2,1-3H3. The third-order valence-electron chi connectivity index (χ3n) is 8.29. The van der Waals surface area contributed by atoms with Crippen LogP contribution >= 0.6 is 11.3 Å². The molecule has 1 N–H and O–H groups in total. The minimum Gasteiger partial charge on any atom is -0.380 e. The summed E-state index contributed by atoms with van der Waals surface area (Å²) in [5, 5.41) is 5.69. The topological polar surface area (TPSA) is 71.3 Å². The molecule has 0 amide bonds. The van der Waals surface area contributed by atoms with Crippen molar-refractivity contribution in [2.45, 2.75) is 64.3 Å². The Morgan fingerprint density at radius 3 is 2.68 bits per heavy atom. The van der Waals surface area contributed by atoms with Gasteiger partial charge in [-0.15, -0.1) is 11.3 Å². The quantitative estimate of drug-likeness (QED) is 0.442. The van der Waals surface area contributed by atoms with Crippen LogP contribution in [-0.4, -0.2) is 61.8 Å². The molecule has 1 saturated carbocycles. The number of ether oxygens (including phenoxy) is 1.